The standard InChI is InChI=1S/C75H128O6/c1-4-7-10-13-16-19-22-25-27-29-31-33-34-35-36-37-38-39-40-42-43-45-47-50-53-56-59-62-65-68-74(77)80-71-72(70-79-73(76)67-64-61-58-55-52-49-24-21-18-15-12-9-6-3)81-75(78)69-66-63-60-57-54-51-48-46-44-41-32-30-28-26-23-20-17-14-11-8-5-2/h7,10,16,19,21,24-25,27,31,33,35-36,38-39,42-43,47,50,72H,4-6,8-9,11-15,17-18,20,22-23,26,28-30,32,34,37,40-41,44-46,48-49,51-71H2,1-3H3/b10-7-,19-16-,24-21-,27-25-,33-31-,36-35-,39-38-,43-42-,50-47-. The number of allylic oxidation sites excluding steroid dienone is 18. The van der Waals surface area contributed by atoms with Crippen LogP contribution in [-0.4, -0.2) is 37.2 Å². The van der Waals surface area contributed by atoms with Gasteiger partial charge in [0.15, 0.2) is 6.10 Å². The summed E-state index contributed by atoms with van der Waals surface area (Å²) in [5, 5.41) is 0. The van der Waals surface area contributed by atoms with Gasteiger partial charge in [0.25, 0.3) is 0 Å². The van der Waals surface area contributed by atoms with Crippen LogP contribution < -0.4 is 0 Å². The van der Waals surface area contributed by atoms with Gasteiger partial charge >= 0.3 is 17.9 Å². The second-order valence-electron chi connectivity index (χ2n) is 22.7. The highest BCUT2D eigenvalue weighted by molar-refractivity contribution is 5.71. The number of unbranched alkanes of at least 4 members (excludes halogenated alkanes) is 33. The van der Waals surface area contributed by atoms with Gasteiger partial charge in [0.2, 0.25) is 0 Å². The Morgan fingerprint density at radius 1 is 0.259 bits per heavy atom. The molecule has 1 unspecified atom stereocenters. The first-order valence-corrected chi connectivity index (χ1v) is 34.4. The minimum absolute atomic E-state index is 0.0886. The number of rotatable bonds is 62. The summed E-state index contributed by atoms with van der Waals surface area (Å²) in [5.41, 5.74) is 0. The number of hydrogen-bond donors (Lipinski definition) is 0. The molecule has 0 saturated heterocycles. The lowest BCUT2D eigenvalue weighted by atomic mass is 10.0. The van der Waals surface area contributed by atoms with Crippen molar-refractivity contribution in [2.24, 2.45) is 0 Å². The van der Waals surface area contributed by atoms with E-state index in [0.717, 1.165) is 128 Å². The van der Waals surface area contributed by atoms with Crippen LogP contribution in [0.25, 0.3) is 0 Å². The molecular formula is C75H128O6. The van der Waals surface area contributed by atoms with Crippen molar-refractivity contribution >= 4 is 17.9 Å². The molecule has 1 atom stereocenters. The highest BCUT2D eigenvalue weighted by Crippen LogP contribution is 2.17. The molecule has 0 aliphatic carbocycles. The molecular weight excluding hydrogens is 997 g/mol. The Hall–Kier alpha value is -3.93. The molecule has 464 valence electrons. The summed E-state index contributed by atoms with van der Waals surface area (Å²) in [7, 11) is 0. The zero-order chi connectivity index (χ0) is 58.5. The largest absolute Gasteiger partial charge is 0.462 e. The van der Waals surface area contributed by atoms with Crippen LogP contribution in [0, 0.1) is 0 Å². The van der Waals surface area contributed by atoms with Crippen molar-refractivity contribution in [2.45, 2.75) is 335 Å². The van der Waals surface area contributed by atoms with E-state index in [-0.39, 0.29) is 31.1 Å². The molecule has 6 heteroatoms. The third-order valence-electron chi connectivity index (χ3n) is 14.8. The summed E-state index contributed by atoms with van der Waals surface area (Å²) in [4.78, 5) is 38.4. The van der Waals surface area contributed by atoms with E-state index in [1.807, 2.05) is 0 Å². The summed E-state index contributed by atoms with van der Waals surface area (Å²) >= 11 is 0. The van der Waals surface area contributed by atoms with Gasteiger partial charge in [0.05, 0.1) is 0 Å². The molecule has 0 N–H and O–H groups in total. The maximum Gasteiger partial charge on any atom is 0.306 e. The summed E-state index contributed by atoms with van der Waals surface area (Å²) < 4.78 is 16.9. The van der Waals surface area contributed by atoms with Crippen LogP contribution in [0.1, 0.15) is 329 Å². The first-order valence-electron chi connectivity index (χ1n) is 34.4. The van der Waals surface area contributed by atoms with Crippen LogP contribution in [0.5, 0.6) is 0 Å². The fourth-order valence-corrected chi connectivity index (χ4v) is 9.63. The van der Waals surface area contributed by atoms with Gasteiger partial charge < -0.3 is 14.2 Å². The van der Waals surface area contributed by atoms with Gasteiger partial charge in [-0.15, -0.1) is 0 Å². The Balaban J connectivity index is 4.36. The minimum atomic E-state index is -0.793. The topological polar surface area (TPSA) is 78.9 Å². The van der Waals surface area contributed by atoms with Crippen LogP contribution in [0.4, 0.5) is 0 Å². The van der Waals surface area contributed by atoms with Crippen molar-refractivity contribution in [2.75, 3.05) is 13.2 Å². The normalized spacial score (nSPS) is 12.8. The second kappa shape index (κ2) is 68.6. The van der Waals surface area contributed by atoms with E-state index >= 15 is 0 Å². The van der Waals surface area contributed by atoms with Crippen molar-refractivity contribution in [3.8, 4) is 0 Å². The maximum absolute atomic E-state index is 12.9. The molecule has 81 heavy (non-hydrogen) atoms. The molecule has 0 radical (unpaired) electrons. The summed E-state index contributed by atoms with van der Waals surface area (Å²) in [6.45, 7) is 6.52. The zero-order valence-electron chi connectivity index (χ0n) is 53.3. The highest BCUT2D eigenvalue weighted by Gasteiger charge is 2.19. The Morgan fingerprint density at radius 2 is 0.481 bits per heavy atom. The molecule has 6 nitrogen and oxygen atoms in total. The van der Waals surface area contributed by atoms with Gasteiger partial charge in [0.1, 0.15) is 13.2 Å². The first kappa shape index (κ1) is 77.1. The zero-order valence-corrected chi connectivity index (χ0v) is 53.3. The lowest BCUT2D eigenvalue weighted by Gasteiger charge is -2.18. The molecule has 0 saturated carbocycles. The molecule has 0 aromatic heterocycles. The average molecular weight is 1130 g/mol. The van der Waals surface area contributed by atoms with Gasteiger partial charge in [-0.05, 0) is 109 Å². The van der Waals surface area contributed by atoms with E-state index in [2.05, 4.69) is 130 Å². The van der Waals surface area contributed by atoms with Crippen molar-refractivity contribution in [3.05, 3.63) is 109 Å². The Morgan fingerprint density at radius 3 is 0.778 bits per heavy atom. The molecule has 0 aliphatic heterocycles. The number of carbonyl (C=O) groups is 3. The minimum Gasteiger partial charge on any atom is -0.462 e. The van der Waals surface area contributed by atoms with Gasteiger partial charge in [-0.3, -0.25) is 14.4 Å². The molecule has 0 heterocycles. The predicted octanol–water partition coefficient (Wildman–Crippen LogP) is 23.8. The molecule has 0 rings (SSSR count). The van der Waals surface area contributed by atoms with Crippen molar-refractivity contribution in [1.29, 1.82) is 0 Å². The summed E-state index contributed by atoms with van der Waals surface area (Å²) in [6, 6.07) is 0. The smallest absolute Gasteiger partial charge is 0.306 e. The number of carbonyl (C=O) groups excluding carboxylic acids is 3. The quantitative estimate of drug-likeness (QED) is 0.0261. The third kappa shape index (κ3) is 66.8. The summed E-state index contributed by atoms with van der Waals surface area (Å²) in [5.74, 6) is -0.909. The molecule has 0 fully saturated rings. The Bertz CT molecular complexity index is 1620. The maximum atomic E-state index is 12.9. The van der Waals surface area contributed by atoms with E-state index < -0.39 is 6.10 Å². The molecule has 0 aliphatic rings. The van der Waals surface area contributed by atoms with Crippen molar-refractivity contribution in [3.63, 3.8) is 0 Å². The van der Waals surface area contributed by atoms with Crippen LogP contribution in [0.15, 0.2) is 109 Å². The molecule has 0 spiro atoms. The molecule has 0 aromatic carbocycles. The van der Waals surface area contributed by atoms with E-state index in [9.17, 15) is 14.4 Å². The Kier molecular flexibility index (Phi) is 65.2. The van der Waals surface area contributed by atoms with E-state index in [1.165, 1.54) is 161 Å². The van der Waals surface area contributed by atoms with Gasteiger partial charge in [-0.1, -0.05) is 310 Å². The van der Waals surface area contributed by atoms with E-state index in [0.29, 0.717) is 19.3 Å². The molecule has 0 bridgehead atoms. The lowest BCUT2D eigenvalue weighted by Crippen LogP contribution is -2.30. The monoisotopic (exact) mass is 1120 g/mol. The average Bonchev–Trinajstić information content (AvgIpc) is 3.46. The SMILES string of the molecule is CC/C=C\C/C=C\C/C=C\C/C=C\C/C=C\C/C=C\C/C=C\C/C=C\CCCCCCC(=O)OCC(COC(=O)CCCCCCC/C=C\CCCCCC)OC(=O)CCCCCCCCCCCCCCCCCCCCCCC. The van der Waals surface area contributed by atoms with E-state index in [4.69, 9.17) is 14.2 Å². The van der Waals surface area contributed by atoms with E-state index in [1.54, 1.807) is 0 Å². The number of esters is 3. The predicted molar refractivity (Wildman–Crippen MR) is 353 cm³/mol. The Labute approximate surface area is 501 Å². The highest BCUT2D eigenvalue weighted by atomic mass is 16.6. The van der Waals surface area contributed by atoms with Crippen LogP contribution in [0.2, 0.25) is 0 Å². The van der Waals surface area contributed by atoms with Gasteiger partial charge in [-0.2, -0.15) is 0 Å². The van der Waals surface area contributed by atoms with Crippen molar-refractivity contribution < 1.29 is 28.6 Å². The fourth-order valence-electron chi connectivity index (χ4n) is 9.63. The van der Waals surface area contributed by atoms with Crippen LogP contribution >= 0.6 is 0 Å². The fraction of sp³-hybridized carbons (Fsp3) is 0.720. The van der Waals surface area contributed by atoms with Gasteiger partial charge in [-0.25, -0.2) is 0 Å². The molecule has 0 aromatic rings. The number of ether oxygens (including phenoxy) is 3. The van der Waals surface area contributed by atoms with Crippen LogP contribution in [-0.2, 0) is 28.6 Å². The lowest BCUT2D eigenvalue weighted by molar-refractivity contribution is -0.167. The first-order chi connectivity index (χ1) is 40.0. The second-order valence-corrected chi connectivity index (χ2v) is 22.7. The van der Waals surface area contributed by atoms with Crippen molar-refractivity contribution in [1.82, 2.24) is 0 Å². The third-order valence-corrected chi connectivity index (χ3v) is 14.8. The number of hydrogen-bond acceptors (Lipinski definition) is 6. The van der Waals surface area contributed by atoms with Gasteiger partial charge in [0, 0.05) is 19.3 Å². The summed E-state index contributed by atoms with van der Waals surface area (Å²) in [6.07, 6.45) is 93.9. The molecule has 0 amide bonds. The van der Waals surface area contributed by atoms with Crippen LogP contribution in [0.3, 0.4) is 0 Å².